The second kappa shape index (κ2) is 7.65. The van der Waals surface area contributed by atoms with E-state index in [1.807, 2.05) is 0 Å². The maximum Gasteiger partial charge on any atom is 0.336 e. The highest BCUT2D eigenvalue weighted by molar-refractivity contribution is 7.82. The summed E-state index contributed by atoms with van der Waals surface area (Å²) in [5.41, 5.74) is 0.528. The highest BCUT2D eigenvalue weighted by Gasteiger charge is 2.19. The van der Waals surface area contributed by atoms with Crippen LogP contribution in [0.15, 0.2) is 36.4 Å². The van der Waals surface area contributed by atoms with Gasteiger partial charge in [-0.3, -0.25) is 0 Å². The van der Waals surface area contributed by atoms with Crippen LogP contribution >= 0.6 is 36.0 Å². The minimum absolute atomic E-state index is 0.0107. The number of hydrogen-bond donors (Lipinski definition) is 3. The second-order valence-corrected chi connectivity index (χ2v) is 5.86. The van der Waals surface area contributed by atoms with Gasteiger partial charge in [-0.2, -0.15) is 0 Å². The van der Waals surface area contributed by atoms with Crippen molar-refractivity contribution in [2.24, 2.45) is 0 Å². The van der Waals surface area contributed by atoms with E-state index in [2.05, 4.69) is 18.1 Å². The van der Waals surface area contributed by atoms with Crippen molar-refractivity contribution in [1.82, 2.24) is 0 Å². The number of carbonyl (C=O) groups excluding carboxylic acids is 1. The van der Waals surface area contributed by atoms with Crippen molar-refractivity contribution in [3.05, 3.63) is 52.0 Å². The first-order valence-electron chi connectivity index (χ1n) is 6.49. The van der Waals surface area contributed by atoms with Gasteiger partial charge in [-0.1, -0.05) is 36.0 Å². The van der Waals surface area contributed by atoms with Gasteiger partial charge >= 0.3 is 12.0 Å². The van der Waals surface area contributed by atoms with Crippen molar-refractivity contribution in [1.29, 1.82) is 0 Å². The molecule has 0 aliphatic heterocycles. The quantitative estimate of drug-likeness (QED) is 0.671. The zero-order valence-electron chi connectivity index (χ0n) is 12.3. The van der Waals surface area contributed by atoms with Crippen LogP contribution in [0.1, 0.15) is 10.4 Å². The number of carboxylic acids is 1. The number of anilines is 2. The van der Waals surface area contributed by atoms with Crippen LogP contribution in [0.4, 0.5) is 16.2 Å². The predicted octanol–water partition coefficient (Wildman–Crippen LogP) is 4.58. The van der Waals surface area contributed by atoms with Gasteiger partial charge in [0, 0.05) is 15.7 Å². The van der Waals surface area contributed by atoms with E-state index >= 15 is 0 Å². The summed E-state index contributed by atoms with van der Waals surface area (Å²) in [7, 11) is 1.40. The number of hydrogen-bond acceptors (Lipinski definition) is 4. The lowest BCUT2D eigenvalue weighted by molar-refractivity contribution is 0.0697. The monoisotopic (exact) mass is 386 g/mol. The molecule has 24 heavy (non-hydrogen) atoms. The Bertz CT molecular complexity index is 781. The molecule has 0 fully saturated rings. The third kappa shape index (κ3) is 4.25. The lowest BCUT2D eigenvalue weighted by atomic mass is 10.2. The van der Waals surface area contributed by atoms with Gasteiger partial charge in [-0.25, -0.2) is 13.9 Å². The largest absolute Gasteiger partial charge is 0.495 e. The molecule has 126 valence electrons. The third-order valence-electron chi connectivity index (χ3n) is 2.96. The molecule has 0 aliphatic carbocycles. The third-order valence-corrected chi connectivity index (χ3v) is 3.79. The number of nitrogens with zero attached hydrogens (tertiary/aromatic N) is 1. The van der Waals surface area contributed by atoms with Crippen LogP contribution < -0.4 is 14.4 Å². The van der Waals surface area contributed by atoms with Crippen molar-refractivity contribution < 1.29 is 19.4 Å². The molecule has 9 heteroatoms. The fourth-order valence-corrected chi connectivity index (χ4v) is 2.63. The maximum atomic E-state index is 12.3. The second-order valence-electron chi connectivity index (χ2n) is 4.59. The van der Waals surface area contributed by atoms with Gasteiger partial charge in [0.1, 0.15) is 5.75 Å². The first-order chi connectivity index (χ1) is 11.3. The molecule has 2 aromatic rings. The molecule has 6 nitrogen and oxygen atoms in total. The highest BCUT2D eigenvalue weighted by Crippen LogP contribution is 2.31. The molecule has 0 unspecified atom stereocenters. The number of amides is 2. The number of ether oxygens (including phenoxy) is 1. The summed E-state index contributed by atoms with van der Waals surface area (Å²) in [6.45, 7) is 0. The van der Waals surface area contributed by atoms with E-state index in [0.29, 0.717) is 15.7 Å². The standard InChI is InChI=1S/C15H12Cl2N2O4S/c1-23-13-3-2-8(14(20)21)4-12(13)19(24)15(22)18-11-6-9(16)5-10(17)7-11/h2-7,24H,1H3,(H,18,22)(H,20,21). The van der Waals surface area contributed by atoms with Crippen molar-refractivity contribution >= 4 is 59.4 Å². The van der Waals surface area contributed by atoms with Gasteiger partial charge in [0.15, 0.2) is 0 Å². The average molecular weight is 387 g/mol. The number of carbonyl (C=O) groups is 2. The van der Waals surface area contributed by atoms with Crippen molar-refractivity contribution in [2.45, 2.75) is 0 Å². The van der Waals surface area contributed by atoms with E-state index in [4.69, 9.17) is 33.0 Å². The van der Waals surface area contributed by atoms with Gasteiger partial charge in [0.2, 0.25) is 0 Å². The van der Waals surface area contributed by atoms with E-state index < -0.39 is 12.0 Å². The molecule has 2 aromatic carbocycles. The molecular weight excluding hydrogens is 375 g/mol. The smallest absolute Gasteiger partial charge is 0.336 e. The van der Waals surface area contributed by atoms with E-state index in [-0.39, 0.29) is 17.0 Å². The normalized spacial score (nSPS) is 10.2. The van der Waals surface area contributed by atoms with Gasteiger partial charge in [0.05, 0.1) is 18.4 Å². The molecule has 0 bridgehead atoms. The number of halogens is 2. The summed E-state index contributed by atoms with van der Waals surface area (Å²) >= 11 is 15.9. The van der Waals surface area contributed by atoms with E-state index in [9.17, 15) is 9.59 Å². The molecule has 0 aromatic heterocycles. The zero-order chi connectivity index (χ0) is 17.9. The molecule has 0 aliphatic rings. The van der Waals surface area contributed by atoms with Gasteiger partial charge in [-0.15, -0.1) is 0 Å². The Kier molecular flexibility index (Phi) is 5.82. The van der Waals surface area contributed by atoms with E-state index in [1.54, 1.807) is 0 Å². The number of rotatable bonds is 4. The van der Waals surface area contributed by atoms with Gasteiger partial charge in [0.25, 0.3) is 0 Å². The van der Waals surface area contributed by atoms with Crippen molar-refractivity contribution in [2.75, 3.05) is 16.7 Å². The fourth-order valence-electron chi connectivity index (χ4n) is 1.90. The number of thiol groups is 1. The molecule has 0 spiro atoms. The summed E-state index contributed by atoms with van der Waals surface area (Å²) in [5, 5.41) is 12.3. The number of urea groups is 1. The lowest BCUT2D eigenvalue weighted by Crippen LogP contribution is -2.27. The van der Waals surface area contributed by atoms with Gasteiger partial charge < -0.3 is 15.2 Å². The molecular formula is C15H12Cl2N2O4S. The Balaban J connectivity index is 2.29. The van der Waals surface area contributed by atoms with Crippen LogP contribution in [0.2, 0.25) is 10.0 Å². The Labute approximate surface area is 153 Å². The van der Waals surface area contributed by atoms with Crippen LogP contribution in [0.3, 0.4) is 0 Å². The van der Waals surface area contributed by atoms with Crippen LogP contribution in [0, 0.1) is 0 Å². The summed E-state index contributed by atoms with van der Waals surface area (Å²) in [5.74, 6) is -0.850. The molecule has 0 atom stereocenters. The van der Waals surface area contributed by atoms with Crippen LogP contribution in [-0.2, 0) is 0 Å². The molecule has 0 radical (unpaired) electrons. The first kappa shape index (κ1) is 18.3. The topological polar surface area (TPSA) is 78.9 Å². The fraction of sp³-hybridized carbons (Fsp3) is 0.0667. The number of methoxy groups -OCH3 is 1. The van der Waals surface area contributed by atoms with Crippen LogP contribution in [-0.4, -0.2) is 24.2 Å². The van der Waals surface area contributed by atoms with Crippen molar-refractivity contribution in [3.63, 3.8) is 0 Å². The molecule has 0 saturated carbocycles. The summed E-state index contributed by atoms with van der Waals surface area (Å²) in [4.78, 5) is 23.4. The number of carboxylic acid groups (broad SMARTS) is 1. The molecule has 0 saturated heterocycles. The molecule has 0 heterocycles. The minimum Gasteiger partial charge on any atom is -0.495 e. The summed E-state index contributed by atoms with van der Waals surface area (Å²) < 4.78 is 6.06. The maximum absolute atomic E-state index is 12.3. The van der Waals surface area contributed by atoms with Crippen LogP contribution in [0.5, 0.6) is 5.75 Å². The summed E-state index contributed by atoms with van der Waals surface area (Å²) in [6, 6.07) is 7.98. The Hall–Kier alpha value is -2.09. The molecule has 2 rings (SSSR count). The minimum atomic E-state index is -1.14. The van der Waals surface area contributed by atoms with Crippen molar-refractivity contribution in [3.8, 4) is 5.75 Å². The number of nitrogens with one attached hydrogen (secondary N) is 1. The Morgan fingerprint density at radius 2 is 1.79 bits per heavy atom. The summed E-state index contributed by atoms with van der Waals surface area (Å²) in [6.07, 6.45) is 0. The number of benzene rings is 2. The zero-order valence-corrected chi connectivity index (χ0v) is 14.7. The van der Waals surface area contributed by atoms with Crippen LogP contribution in [0.25, 0.3) is 0 Å². The molecule has 2 amide bonds. The number of aromatic carboxylic acids is 1. The predicted molar refractivity (Wildman–Crippen MR) is 96.9 cm³/mol. The highest BCUT2D eigenvalue weighted by atomic mass is 35.5. The SMILES string of the molecule is COc1ccc(C(=O)O)cc1N(S)C(=O)Nc1cc(Cl)cc(Cl)c1. The van der Waals surface area contributed by atoms with Gasteiger partial charge in [-0.05, 0) is 36.4 Å². The Morgan fingerprint density at radius 3 is 2.33 bits per heavy atom. The van der Waals surface area contributed by atoms with E-state index in [1.165, 1.54) is 43.5 Å². The van der Waals surface area contributed by atoms with E-state index in [0.717, 1.165) is 4.31 Å². The first-order valence-corrected chi connectivity index (χ1v) is 7.65. The average Bonchev–Trinajstić information content (AvgIpc) is 2.52. The Morgan fingerprint density at radius 1 is 1.17 bits per heavy atom. The molecule has 2 N–H and O–H groups in total. The lowest BCUT2D eigenvalue weighted by Gasteiger charge is -2.19.